The molecule has 0 aliphatic heterocycles. The van der Waals surface area contributed by atoms with Gasteiger partial charge in [-0.05, 0) is 43.3 Å². The smallest absolute Gasteiger partial charge is 0.132 e. The van der Waals surface area contributed by atoms with Crippen molar-refractivity contribution in [3.05, 3.63) is 58.1 Å². The summed E-state index contributed by atoms with van der Waals surface area (Å²) in [6.45, 7) is 0.848. The van der Waals surface area contributed by atoms with E-state index in [0.29, 0.717) is 6.42 Å². The molecule has 0 spiro atoms. The van der Waals surface area contributed by atoms with E-state index in [-0.39, 0.29) is 6.61 Å². The molecule has 0 atom stereocenters. The Hall–Kier alpha value is -1.36. The van der Waals surface area contributed by atoms with Crippen LogP contribution in [0.1, 0.15) is 11.1 Å². The zero-order valence-electron chi connectivity index (χ0n) is 11.4. The highest BCUT2D eigenvalue weighted by Crippen LogP contribution is 2.30. The summed E-state index contributed by atoms with van der Waals surface area (Å²) in [5.41, 5.74) is 2.09. The minimum absolute atomic E-state index is 0.115. The monoisotopic (exact) mass is 335 g/mol. The van der Waals surface area contributed by atoms with E-state index in [2.05, 4.69) is 21.2 Å². The second kappa shape index (κ2) is 7.43. The summed E-state index contributed by atoms with van der Waals surface area (Å²) < 4.78 is 7.06. The molecule has 0 saturated heterocycles. The molecule has 3 nitrogen and oxygen atoms in total. The number of aliphatic hydroxyl groups is 1. The molecule has 0 aliphatic rings. The third-order valence-corrected chi connectivity index (χ3v) is 3.46. The molecule has 0 amide bonds. The molecule has 0 saturated carbocycles. The van der Waals surface area contributed by atoms with E-state index in [0.717, 1.165) is 33.6 Å². The quantitative estimate of drug-likeness (QED) is 0.848. The molecule has 0 aliphatic carbocycles. The molecule has 0 aromatic heterocycles. The van der Waals surface area contributed by atoms with Crippen molar-refractivity contribution >= 4 is 15.9 Å². The first-order valence-corrected chi connectivity index (χ1v) is 7.33. The van der Waals surface area contributed by atoms with Crippen molar-refractivity contribution in [2.45, 2.75) is 13.0 Å². The number of halogens is 1. The summed E-state index contributed by atoms with van der Waals surface area (Å²) in [6.07, 6.45) is 0.591. The van der Waals surface area contributed by atoms with Gasteiger partial charge in [-0.1, -0.05) is 34.1 Å². The topological polar surface area (TPSA) is 41.5 Å². The Labute approximate surface area is 127 Å². The number of hydrogen-bond acceptors (Lipinski definition) is 3. The molecule has 2 N–H and O–H groups in total. The van der Waals surface area contributed by atoms with Crippen LogP contribution in [0.4, 0.5) is 0 Å². The third kappa shape index (κ3) is 3.82. The van der Waals surface area contributed by atoms with Gasteiger partial charge >= 0.3 is 0 Å². The lowest BCUT2D eigenvalue weighted by Gasteiger charge is -2.14. The molecule has 0 bridgehead atoms. The van der Waals surface area contributed by atoms with E-state index < -0.39 is 0 Å². The maximum Gasteiger partial charge on any atom is 0.132 e. The fourth-order valence-electron chi connectivity index (χ4n) is 2.03. The number of ether oxygens (including phenoxy) is 1. The zero-order valence-corrected chi connectivity index (χ0v) is 13.0. The molecule has 2 aromatic rings. The van der Waals surface area contributed by atoms with Crippen LogP contribution in [0.25, 0.3) is 0 Å². The lowest BCUT2D eigenvalue weighted by molar-refractivity contribution is 0.298. The van der Waals surface area contributed by atoms with Crippen molar-refractivity contribution in [1.82, 2.24) is 5.32 Å². The van der Waals surface area contributed by atoms with Crippen LogP contribution in [0, 0.1) is 0 Å². The van der Waals surface area contributed by atoms with Crippen LogP contribution in [0.5, 0.6) is 11.5 Å². The second-order valence-corrected chi connectivity index (χ2v) is 5.38. The van der Waals surface area contributed by atoms with Gasteiger partial charge in [0, 0.05) is 23.2 Å². The fraction of sp³-hybridized carbons (Fsp3) is 0.250. The van der Waals surface area contributed by atoms with E-state index in [1.165, 1.54) is 0 Å². The average Bonchev–Trinajstić information content (AvgIpc) is 2.44. The molecule has 106 valence electrons. The highest BCUT2D eigenvalue weighted by molar-refractivity contribution is 9.10. The van der Waals surface area contributed by atoms with Gasteiger partial charge in [-0.2, -0.15) is 0 Å². The number of rotatable bonds is 6. The SMILES string of the molecule is CNCc1cc(Br)ccc1Oc1ccccc1CCO. The van der Waals surface area contributed by atoms with Gasteiger partial charge < -0.3 is 15.2 Å². The molecule has 0 fully saturated rings. The number of hydrogen-bond donors (Lipinski definition) is 2. The predicted octanol–water partition coefficient (Wildman–Crippen LogP) is 3.50. The maximum atomic E-state index is 9.11. The van der Waals surface area contributed by atoms with Crippen molar-refractivity contribution < 1.29 is 9.84 Å². The minimum atomic E-state index is 0.115. The van der Waals surface area contributed by atoms with Gasteiger partial charge in [0.05, 0.1) is 0 Å². The highest BCUT2D eigenvalue weighted by atomic mass is 79.9. The summed E-state index contributed by atoms with van der Waals surface area (Å²) >= 11 is 3.47. The Bertz CT molecular complexity index is 572. The Kier molecular flexibility index (Phi) is 5.59. The van der Waals surface area contributed by atoms with Crippen molar-refractivity contribution in [3.8, 4) is 11.5 Å². The molecule has 2 aromatic carbocycles. The van der Waals surface area contributed by atoms with Gasteiger partial charge in [0.15, 0.2) is 0 Å². The lowest BCUT2D eigenvalue weighted by atomic mass is 10.1. The normalized spacial score (nSPS) is 10.6. The van der Waals surface area contributed by atoms with E-state index in [4.69, 9.17) is 9.84 Å². The zero-order chi connectivity index (χ0) is 14.4. The Morgan fingerprint density at radius 2 is 1.85 bits per heavy atom. The van der Waals surface area contributed by atoms with Crippen LogP contribution in [0.2, 0.25) is 0 Å². The van der Waals surface area contributed by atoms with E-state index in [1.807, 2.05) is 49.5 Å². The summed E-state index contributed by atoms with van der Waals surface area (Å²) in [5.74, 6) is 1.62. The fourth-order valence-corrected chi connectivity index (χ4v) is 2.43. The number of nitrogens with one attached hydrogen (secondary N) is 1. The molecule has 2 rings (SSSR count). The number of para-hydroxylation sites is 1. The van der Waals surface area contributed by atoms with Gasteiger partial charge in [0.2, 0.25) is 0 Å². The van der Waals surface area contributed by atoms with Crippen LogP contribution in [0.15, 0.2) is 46.9 Å². The van der Waals surface area contributed by atoms with Gasteiger partial charge in [-0.3, -0.25) is 0 Å². The molecule has 4 heteroatoms. The first-order chi connectivity index (χ1) is 9.74. The second-order valence-electron chi connectivity index (χ2n) is 4.47. The number of benzene rings is 2. The van der Waals surface area contributed by atoms with Gasteiger partial charge in [0.25, 0.3) is 0 Å². The van der Waals surface area contributed by atoms with Crippen molar-refractivity contribution in [2.75, 3.05) is 13.7 Å². The lowest BCUT2D eigenvalue weighted by Crippen LogP contribution is -2.06. The van der Waals surface area contributed by atoms with Crippen molar-refractivity contribution in [2.24, 2.45) is 0 Å². The van der Waals surface area contributed by atoms with Crippen molar-refractivity contribution in [1.29, 1.82) is 0 Å². The van der Waals surface area contributed by atoms with Crippen LogP contribution in [-0.2, 0) is 13.0 Å². The van der Waals surface area contributed by atoms with Gasteiger partial charge in [-0.25, -0.2) is 0 Å². The molecule has 20 heavy (non-hydrogen) atoms. The summed E-state index contributed by atoms with van der Waals surface area (Å²) in [5, 5.41) is 12.3. The minimum Gasteiger partial charge on any atom is -0.457 e. The predicted molar refractivity (Wildman–Crippen MR) is 84.2 cm³/mol. The summed E-state index contributed by atoms with van der Waals surface area (Å²) in [4.78, 5) is 0. The van der Waals surface area contributed by atoms with Crippen LogP contribution in [-0.4, -0.2) is 18.8 Å². The first kappa shape index (κ1) is 15.0. The molecule has 0 heterocycles. The molecule has 0 radical (unpaired) electrons. The summed E-state index contributed by atoms with van der Waals surface area (Å²) in [6, 6.07) is 13.7. The highest BCUT2D eigenvalue weighted by Gasteiger charge is 2.08. The van der Waals surface area contributed by atoms with E-state index in [1.54, 1.807) is 0 Å². The largest absolute Gasteiger partial charge is 0.457 e. The van der Waals surface area contributed by atoms with E-state index in [9.17, 15) is 0 Å². The Morgan fingerprint density at radius 1 is 1.10 bits per heavy atom. The molecular formula is C16H18BrNO2. The first-order valence-electron chi connectivity index (χ1n) is 6.54. The summed E-state index contributed by atoms with van der Waals surface area (Å²) in [7, 11) is 1.91. The standard InChI is InChI=1S/C16H18BrNO2/c1-18-11-13-10-14(17)6-7-16(13)20-15-5-3-2-4-12(15)8-9-19/h2-7,10,18-19H,8-9,11H2,1H3. The Morgan fingerprint density at radius 3 is 2.60 bits per heavy atom. The Balaban J connectivity index is 2.29. The molecule has 0 unspecified atom stereocenters. The van der Waals surface area contributed by atoms with Gasteiger partial charge in [0.1, 0.15) is 11.5 Å². The van der Waals surface area contributed by atoms with Crippen LogP contribution in [0.3, 0.4) is 0 Å². The van der Waals surface area contributed by atoms with Crippen LogP contribution >= 0.6 is 15.9 Å². The van der Waals surface area contributed by atoms with Crippen LogP contribution < -0.4 is 10.1 Å². The maximum absolute atomic E-state index is 9.11. The van der Waals surface area contributed by atoms with Crippen molar-refractivity contribution in [3.63, 3.8) is 0 Å². The number of aliphatic hydroxyl groups excluding tert-OH is 1. The third-order valence-electron chi connectivity index (χ3n) is 2.96. The average molecular weight is 336 g/mol. The molecular weight excluding hydrogens is 318 g/mol. The van der Waals surface area contributed by atoms with Gasteiger partial charge in [-0.15, -0.1) is 0 Å². The van der Waals surface area contributed by atoms with E-state index >= 15 is 0 Å².